The van der Waals surface area contributed by atoms with E-state index in [0.717, 1.165) is 12.1 Å². The Morgan fingerprint density at radius 2 is 1.90 bits per heavy atom. The van der Waals surface area contributed by atoms with Gasteiger partial charge >= 0.3 is 0 Å². The molecule has 0 saturated carbocycles. The van der Waals surface area contributed by atoms with Crippen LogP contribution in [-0.4, -0.2) is 29.7 Å². The molecule has 9 heteroatoms. The van der Waals surface area contributed by atoms with Gasteiger partial charge in [0.2, 0.25) is 5.91 Å². The van der Waals surface area contributed by atoms with Crippen molar-refractivity contribution in [3.8, 4) is 0 Å². The number of nitro benzene ring substituents is 1. The Hall–Kier alpha value is -2.03. The van der Waals surface area contributed by atoms with Gasteiger partial charge in [-0.25, -0.2) is 12.8 Å². The lowest BCUT2D eigenvalue weighted by atomic mass is 10.2. The third kappa shape index (κ3) is 3.75. The molecule has 1 rings (SSSR count). The SMILES string of the molecule is CC(C)S(=O)(=O)[C@@H](C)C(=O)Nc1ccc(F)cc1[N+](=O)[O-]. The summed E-state index contributed by atoms with van der Waals surface area (Å²) in [6.45, 7) is 4.05. The zero-order valence-electron chi connectivity index (χ0n) is 11.7. The van der Waals surface area contributed by atoms with Crippen molar-refractivity contribution in [3.63, 3.8) is 0 Å². The molecule has 0 aliphatic carbocycles. The molecular formula is C12H15FN2O5S. The van der Waals surface area contributed by atoms with Crippen LogP contribution in [-0.2, 0) is 14.6 Å². The Morgan fingerprint density at radius 1 is 1.33 bits per heavy atom. The molecule has 0 unspecified atom stereocenters. The summed E-state index contributed by atoms with van der Waals surface area (Å²) in [5.41, 5.74) is -0.894. The van der Waals surface area contributed by atoms with E-state index in [-0.39, 0.29) is 5.69 Å². The van der Waals surface area contributed by atoms with E-state index in [1.54, 1.807) is 0 Å². The summed E-state index contributed by atoms with van der Waals surface area (Å²) in [5.74, 6) is -1.74. The van der Waals surface area contributed by atoms with Crippen molar-refractivity contribution >= 4 is 27.1 Å². The van der Waals surface area contributed by atoms with Gasteiger partial charge < -0.3 is 5.32 Å². The van der Waals surface area contributed by atoms with Gasteiger partial charge in [0.15, 0.2) is 9.84 Å². The van der Waals surface area contributed by atoms with Gasteiger partial charge in [-0.05, 0) is 32.9 Å². The van der Waals surface area contributed by atoms with Crippen LogP contribution in [0.1, 0.15) is 20.8 Å². The van der Waals surface area contributed by atoms with Crippen molar-refractivity contribution in [1.29, 1.82) is 0 Å². The minimum atomic E-state index is -3.69. The molecule has 1 amide bonds. The predicted molar refractivity (Wildman–Crippen MR) is 75.2 cm³/mol. The summed E-state index contributed by atoms with van der Waals surface area (Å²) in [5, 5.41) is 10.8. The fraction of sp³-hybridized carbons (Fsp3) is 0.417. The molecule has 1 N–H and O–H groups in total. The van der Waals surface area contributed by atoms with Crippen molar-refractivity contribution in [3.05, 3.63) is 34.1 Å². The first kappa shape index (κ1) is 17.0. The zero-order chi connectivity index (χ0) is 16.4. The Morgan fingerprint density at radius 3 is 2.38 bits per heavy atom. The van der Waals surface area contributed by atoms with Gasteiger partial charge in [-0.2, -0.15) is 0 Å². The predicted octanol–water partition coefficient (Wildman–Crippen LogP) is 1.88. The number of nitrogens with one attached hydrogen (secondary N) is 1. The summed E-state index contributed by atoms with van der Waals surface area (Å²) < 4.78 is 36.7. The summed E-state index contributed by atoms with van der Waals surface area (Å²) in [7, 11) is -3.69. The van der Waals surface area contributed by atoms with Gasteiger partial charge in [-0.1, -0.05) is 0 Å². The quantitative estimate of drug-likeness (QED) is 0.659. The average Bonchev–Trinajstić information content (AvgIpc) is 2.39. The van der Waals surface area contributed by atoms with E-state index in [0.29, 0.717) is 6.07 Å². The Balaban J connectivity index is 3.07. The number of nitro groups is 1. The Labute approximate surface area is 121 Å². The minimum Gasteiger partial charge on any atom is -0.319 e. The molecule has 1 aromatic rings. The molecule has 1 atom stereocenters. The molecule has 0 spiro atoms. The van der Waals surface area contributed by atoms with Crippen molar-refractivity contribution in [1.82, 2.24) is 0 Å². The van der Waals surface area contributed by atoms with Crippen molar-refractivity contribution in [2.24, 2.45) is 0 Å². The Kier molecular flexibility index (Phi) is 5.00. The number of carbonyl (C=O) groups excluding carboxylic acids is 1. The van der Waals surface area contributed by atoms with Crippen LogP contribution in [0.2, 0.25) is 0 Å². The topological polar surface area (TPSA) is 106 Å². The maximum absolute atomic E-state index is 13.0. The highest BCUT2D eigenvalue weighted by Gasteiger charge is 2.31. The fourth-order valence-corrected chi connectivity index (χ4v) is 2.73. The molecule has 0 radical (unpaired) electrons. The third-order valence-corrected chi connectivity index (χ3v) is 5.45. The van der Waals surface area contributed by atoms with Gasteiger partial charge in [0, 0.05) is 0 Å². The highest BCUT2D eigenvalue weighted by molar-refractivity contribution is 7.93. The van der Waals surface area contributed by atoms with Crippen LogP contribution in [0.15, 0.2) is 18.2 Å². The number of anilines is 1. The number of carbonyl (C=O) groups is 1. The molecule has 0 bridgehead atoms. The first-order valence-electron chi connectivity index (χ1n) is 6.05. The number of hydrogen-bond donors (Lipinski definition) is 1. The number of hydrogen-bond acceptors (Lipinski definition) is 5. The minimum absolute atomic E-state index is 0.253. The van der Waals surface area contributed by atoms with Gasteiger partial charge in [-0.3, -0.25) is 14.9 Å². The summed E-state index contributed by atoms with van der Waals surface area (Å²) in [6.07, 6.45) is 0. The van der Waals surface area contributed by atoms with Gasteiger partial charge in [0.05, 0.1) is 16.2 Å². The standard InChI is InChI=1S/C12H15FN2O5S/c1-7(2)21(19,20)8(3)12(16)14-10-5-4-9(13)6-11(10)15(17)18/h4-8H,1-3H3,(H,14,16)/t8-/m0/s1. The molecule has 0 fully saturated rings. The van der Waals surface area contributed by atoms with Crippen LogP contribution in [0.5, 0.6) is 0 Å². The second-order valence-corrected chi connectivity index (χ2v) is 7.52. The molecule has 0 aliphatic heterocycles. The molecular weight excluding hydrogens is 303 g/mol. The molecule has 1 aromatic carbocycles. The van der Waals surface area contributed by atoms with Gasteiger partial charge in [0.1, 0.15) is 16.8 Å². The lowest BCUT2D eigenvalue weighted by Gasteiger charge is -2.15. The van der Waals surface area contributed by atoms with Crippen LogP contribution in [0.3, 0.4) is 0 Å². The van der Waals surface area contributed by atoms with Gasteiger partial charge in [-0.15, -0.1) is 0 Å². The summed E-state index contributed by atoms with van der Waals surface area (Å²) >= 11 is 0. The van der Waals surface area contributed by atoms with E-state index in [1.807, 2.05) is 0 Å². The van der Waals surface area contributed by atoms with Crippen LogP contribution < -0.4 is 5.32 Å². The highest BCUT2D eigenvalue weighted by Crippen LogP contribution is 2.25. The lowest BCUT2D eigenvalue weighted by molar-refractivity contribution is -0.384. The average molecular weight is 318 g/mol. The second-order valence-electron chi connectivity index (χ2n) is 4.69. The number of nitrogens with zero attached hydrogens (tertiary/aromatic N) is 1. The zero-order valence-corrected chi connectivity index (χ0v) is 12.5. The maximum Gasteiger partial charge on any atom is 0.295 e. The first-order chi connectivity index (χ1) is 9.57. The Bertz CT molecular complexity index is 672. The maximum atomic E-state index is 13.0. The first-order valence-corrected chi connectivity index (χ1v) is 7.65. The number of rotatable bonds is 5. The molecule has 116 valence electrons. The van der Waals surface area contributed by atoms with E-state index in [9.17, 15) is 27.7 Å². The van der Waals surface area contributed by atoms with E-state index in [2.05, 4.69) is 5.32 Å². The highest BCUT2D eigenvalue weighted by atomic mass is 32.2. The number of amides is 1. The van der Waals surface area contributed by atoms with E-state index >= 15 is 0 Å². The van der Waals surface area contributed by atoms with Crippen molar-refractivity contribution in [2.45, 2.75) is 31.3 Å². The molecule has 0 aliphatic rings. The lowest BCUT2D eigenvalue weighted by Crippen LogP contribution is -2.36. The van der Waals surface area contributed by atoms with Crippen LogP contribution in [0.25, 0.3) is 0 Å². The third-order valence-electron chi connectivity index (χ3n) is 2.93. The van der Waals surface area contributed by atoms with E-state index in [1.165, 1.54) is 20.8 Å². The van der Waals surface area contributed by atoms with Gasteiger partial charge in [0.25, 0.3) is 5.69 Å². The van der Waals surface area contributed by atoms with E-state index in [4.69, 9.17) is 0 Å². The number of benzene rings is 1. The fourth-order valence-electron chi connectivity index (χ4n) is 1.55. The van der Waals surface area contributed by atoms with Crippen LogP contribution >= 0.6 is 0 Å². The number of halogens is 1. The molecule has 21 heavy (non-hydrogen) atoms. The van der Waals surface area contributed by atoms with Crippen molar-refractivity contribution in [2.75, 3.05) is 5.32 Å². The largest absolute Gasteiger partial charge is 0.319 e. The molecule has 0 heterocycles. The van der Waals surface area contributed by atoms with Crippen molar-refractivity contribution < 1.29 is 22.5 Å². The molecule has 7 nitrogen and oxygen atoms in total. The molecule has 0 aromatic heterocycles. The van der Waals surface area contributed by atoms with E-state index < -0.39 is 42.7 Å². The monoisotopic (exact) mass is 318 g/mol. The number of sulfone groups is 1. The normalized spacial score (nSPS) is 13.0. The van der Waals surface area contributed by atoms with Crippen LogP contribution in [0.4, 0.5) is 15.8 Å². The van der Waals surface area contributed by atoms with Crippen LogP contribution in [0, 0.1) is 15.9 Å². The second kappa shape index (κ2) is 6.17. The summed E-state index contributed by atoms with van der Waals surface area (Å²) in [4.78, 5) is 21.9. The smallest absolute Gasteiger partial charge is 0.295 e. The molecule has 0 saturated heterocycles. The summed E-state index contributed by atoms with van der Waals surface area (Å²) in [6, 6.07) is 2.60.